The lowest BCUT2D eigenvalue weighted by Crippen LogP contribution is -2.54. The molecule has 2 unspecified atom stereocenters. The Kier molecular flexibility index (Phi) is 5.52. The summed E-state index contributed by atoms with van der Waals surface area (Å²) < 4.78 is 13.6. The van der Waals surface area contributed by atoms with Gasteiger partial charge in [0.15, 0.2) is 0 Å². The van der Waals surface area contributed by atoms with Crippen LogP contribution in [0.1, 0.15) is 12.5 Å². The van der Waals surface area contributed by atoms with Gasteiger partial charge in [0, 0.05) is 38.3 Å². The van der Waals surface area contributed by atoms with E-state index in [-0.39, 0.29) is 11.9 Å². The fourth-order valence-electron chi connectivity index (χ4n) is 2.73. The Morgan fingerprint density at radius 3 is 2.80 bits per heavy atom. The largest absolute Gasteiger partial charge is 0.312 e. The quantitative estimate of drug-likeness (QED) is 0.883. The molecule has 0 spiro atoms. The van der Waals surface area contributed by atoms with E-state index in [2.05, 4.69) is 36.1 Å². The maximum atomic E-state index is 13.6. The normalized spacial score (nSPS) is 22.9. The summed E-state index contributed by atoms with van der Waals surface area (Å²) in [6.45, 7) is 6.42. The molecule has 0 aliphatic carbocycles. The monoisotopic (exact) mass is 279 g/mol. The summed E-state index contributed by atoms with van der Waals surface area (Å²) in [5, 5.41) is 3.54. The van der Waals surface area contributed by atoms with Crippen LogP contribution in [-0.4, -0.2) is 62.2 Å². The topological polar surface area (TPSA) is 18.5 Å². The van der Waals surface area contributed by atoms with Gasteiger partial charge in [-0.05, 0) is 39.1 Å². The second-order valence-corrected chi connectivity index (χ2v) is 6.00. The summed E-state index contributed by atoms with van der Waals surface area (Å²) in [5.74, 6) is -0.101. The molecule has 1 aliphatic heterocycles. The van der Waals surface area contributed by atoms with Gasteiger partial charge in [0.1, 0.15) is 5.82 Å². The zero-order valence-electron chi connectivity index (χ0n) is 12.8. The SMILES string of the molecule is CC(Cc1ccccc1F)NCC1CN(C)CCN1C. The third-order valence-corrected chi connectivity index (χ3v) is 4.17. The zero-order valence-corrected chi connectivity index (χ0v) is 12.8. The van der Waals surface area contributed by atoms with Crippen molar-refractivity contribution in [3.8, 4) is 0 Å². The highest BCUT2D eigenvalue weighted by atomic mass is 19.1. The standard InChI is InChI=1S/C16H26FN3/c1-13(10-14-6-4-5-7-16(14)17)18-11-15-12-19(2)8-9-20(15)3/h4-7,13,15,18H,8-12H2,1-3H3. The molecule has 0 saturated carbocycles. The maximum Gasteiger partial charge on any atom is 0.126 e. The van der Waals surface area contributed by atoms with Gasteiger partial charge in [-0.25, -0.2) is 4.39 Å². The first-order valence-corrected chi connectivity index (χ1v) is 7.42. The van der Waals surface area contributed by atoms with Crippen molar-refractivity contribution in [2.75, 3.05) is 40.3 Å². The minimum absolute atomic E-state index is 0.101. The van der Waals surface area contributed by atoms with Crippen molar-refractivity contribution in [2.45, 2.75) is 25.4 Å². The Hall–Kier alpha value is -0.970. The molecule has 2 rings (SSSR count). The van der Waals surface area contributed by atoms with Crippen molar-refractivity contribution >= 4 is 0 Å². The highest BCUT2D eigenvalue weighted by Gasteiger charge is 2.22. The fraction of sp³-hybridized carbons (Fsp3) is 0.625. The van der Waals surface area contributed by atoms with Gasteiger partial charge in [-0.1, -0.05) is 18.2 Å². The summed E-state index contributed by atoms with van der Waals surface area (Å²) >= 11 is 0. The van der Waals surface area contributed by atoms with Crippen molar-refractivity contribution in [1.82, 2.24) is 15.1 Å². The van der Waals surface area contributed by atoms with Gasteiger partial charge >= 0.3 is 0 Å². The van der Waals surface area contributed by atoms with Crippen molar-refractivity contribution in [2.24, 2.45) is 0 Å². The Bertz CT molecular complexity index is 424. The van der Waals surface area contributed by atoms with Gasteiger partial charge in [0.2, 0.25) is 0 Å². The van der Waals surface area contributed by atoms with Gasteiger partial charge in [0.25, 0.3) is 0 Å². The van der Waals surface area contributed by atoms with E-state index in [1.165, 1.54) is 6.07 Å². The van der Waals surface area contributed by atoms with Crippen LogP contribution in [0.4, 0.5) is 4.39 Å². The lowest BCUT2D eigenvalue weighted by Gasteiger charge is -2.38. The Morgan fingerprint density at radius 2 is 2.05 bits per heavy atom. The van der Waals surface area contributed by atoms with Crippen molar-refractivity contribution in [3.63, 3.8) is 0 Å². The molecule has 0 amide bonds. The van der Waals surface area contributed by atoms with E-state index in [9.17, 15) is 4.39 Å². The predicted octanol–water partition coefficient (Wildman–Crippen LogP) is 1.59. The zero-order chi connectivity index (χ0) is 14.5. The minimum Gasteiger partial charge on any atom is -0.312 e. The van der Waals surface area contributed by atoms with Crippen LogP contribution < -0.4 is 5.32 Å². The molecule has 20 heavy (non-hydrogen) atoms. The number of hydrogen-bond donors (Lipinski definition) is 1. The predicted molar refractivity (Wildman–Crippen MR) is 81.5 cm³/mol. The Balaban J connectivity index is 1.80. The molecule has 0 radical (unpaired) electrons. The number of halogens is 1. The van der Waals surface area contributed by atoms with E-state index >= 15 is 0 Å². The smallest absolute Gasteiger partial charge is 0.126 e. The molecule has 0 aromatic heterocycles. The van der Waals surface area contributed by atoms with Crippen LogP contribution in [0, 0.1) is 5.82 Å². The van der Waals surface area contributed by atoms with E-state index in [0.29, 0.717) is 6.04 Å². The number of likely N-dealkylation sites (N-methyl/N-ethyl adjacent to an activating group) is 2. The van der Waals surface area contributed by atoms with Gasteiger partial charge in [-0.2, -0.15) is 0 Å². The molecular weight excluding hydrogens is 253 g/mol. The second-order valence-electron chi connectivity index (χ2n) is 6.00. The molecule has 1 aliphatic rings. The molecule has 0 bridgehead atoms. The number of piperazine rings is 1. The average molecular weight is 279 g/mol. The van der Waals surface area contributed by atoms with E-state index < -0.39 is 0 Å². The molecule has 4 heteroatoms. The van der Waals surface area contributed by atoms with E-state index in [4.69, 9.17) is 0 Å². The fourth-order valence-corrected chi connectivity index (χ4v) is 2.73. The molecule has 112 valence electrons. The van der Waals surface area contributed by atoms with Gasteiger partial charge < -0.3 is 10.2 Å². The summed E-state index contributed by atoms with van der Waals surface area (Å²) in [4.78, 5) is 4.77. The Labute approximate surface area is 121 Å². The molecular formula is C16H26FN3. The number of rotatable bonds is 5. The Morgan fingerprint density at radius 1 is 1.30 bits per heavy atom. The lowest BCUT2D eigenvalue weighted by molar-refractivity contribution is 0.112. The van der Waals surface area contributed by atoms with Crippen LogP contribution in [0.25, 0.3) is 0 Å². The number of nitrogens with zero attached hydrogens (tertiary/aromatic N) is 2. The van der Waals surface area contributed by atoms with Crippen LogP contribution in [0.15, 0.2) is 24.3 Å². The maximum absolute atomic E-state index is 13.6. The van der Waals surface area contributed by atoms with E-state index in [0.717, 1.165) is 38.2 Å². The molecule has 1 aromatic rings. The molecule has 1 saturated heterocycles. The first kappa shape index (κ1) is 15.4. The van der Waals surface area contributed by atoms with Crippen LogP contribution in [0.3, 0.4) is 0 Å². The lowest BCUT2D eigenvalue weighted by atomic mass is 10.1. The minimum atomic E-state index is -0.101. The highest BCUT2D eigenvalue weighted by Crippen LogP contribution is 2.10. The first-order chi connectivity index (χ1) is 9.56. The molecule has 1 N–H and O–H groups in total. The van der Waals surface area contributed by atoms with Crippen LogP contribution >= 0.6 is 0 Å². The van der Waals surface area contributed by atoms with Crippen LogP contribution in [0.5, 0.6) is 0 Å². The number of benzene rings is 1. The summed E-state index contributed by atoms with van der Waals surface area (Å²) in [5.41, 5.74) is 0.793. The van der Waals surface area contributed by atoms with Crippen molar-refractivity contribution in [3.05, 3.63) is 35.6 Å². The molecule has 1 fully saturated rings. The first-order valence-electron chi connectivity index (χ1n) is 7.42. The molecule has 3 nitrogen and oxygen atoms in total. The molecule has 1 aromatic carbocycles. The summed E-state index contributed by atoms with van der Waals surface area (Å²) in [6.07, 6.45) is 0.735. The van der Waals surface area contributed by atoms with Gasteiger partial charge in [-0.15, -0.1) is 0 Å². The average Bonchev–Trinajstić information content (AvgIpc) is 2.42. The van der Waals surface area contributed by atoms with Crippen LogP contribution in [-0.2, 0) is 6.42 Å². The third-order valence-electron chi connectivity index (χ3n) is 4.17. The van der Waals surface area contributed by atoms with E-state index in [1.807, 2.05) is 12.1 Å². The third kappa shape index (κ3) is 4.27. The number of hydrogen-bond acceptors (Lipinski definition) is 3. The summed E-state index contributed by atoms with van der Waals surface area (Å²) in [6, 6.07) is 7.86. The van der Waals surface area contributed by atoms with Crippen molar-refractivity contribution in [1.29, 1.82) is 0 Å². The molecule has 1 heterocycles. The summed E-state index contributed by atoms with van der Waals surface area (Å²) in [7, 11) is 4.35. The van der Waals surface area contributed by atoms with Crippen molar-refractivity contribution < 1.29 is 4.39 Å². The molecule has 2 atom stereocenters. The highest BCUT2D eigenvalue weighted by molar-refractivity contribution is 5.18. The van der Waals surface area contributed by atoms with Gasteiger partial charge in [-0.3, -0.25) is 4.90 Å². The van der Waals surface area contributed by atoms with Gasteiger partial charge in [0.05, 0.1) is 0 Å². The van der Waals surface area contributed by atoms with Crippen LogP contribution in [0.2, 0.25) is 0 Å². The van der Waals surface area contributed by atoms with E-state index in [1.54, 1.807) is 6.07 Å². The number of nitrogens with one attached hydrogen (secondary N) is 1. The second kappa shape index (κ2) is 7.16.